The van der Waals surface area contributed by atoms with E-state index in [0.29, 0.717) is 36.8 Å². The number of carbonyl (C=O) groups excluding carboxylic acids is 2. The van der Waals surface area contributed by atoms with Crippen LogP contribution in [-0.2, 0) is 9.53 Å². The number of hydrogen-bond acceptors (Lipinski definition) is 7. The molecule has 1 atom stereocenters. The lowest BCUT2D eigenvalue weighted by molar-refractivity contribution is -0.380. The van der Waals surface area contributed by atoms with E-state index in [1.165, 1.54) is 18.6 Å². The van der Waals surface area contributed by atoms with E-state index < -0.39 is 11.0 Å². The molecule has 1 amide bonds. The van der Waals surface area contributed by atoms with Gasteiger partial charge >= 0.3 is 11.0 Å². The topological polar surface area (TPSA) is 93.0 Å². The first-order valence-electron chi connectivity index (χ1n) is 8.50. The molecule has 1 aromatic carbocycles. The number of rotatable bonds is 5. The first kappa shape index (κ1) is 20.2. The summed E-state index contributed by atoms with van der Waals surface area (Å²) in [5.74, 6) is -0.624. The Morgan fingerprint density at radius 2 is 1.86 bits per heavy atom. The van der Waals surface area contributed by atoms with Crippen LogP contribution in [-0.4, -0.2) is 59.9 Å². The van der Waals surface area contributed by atoms with E-state index in [-0.39, 0.29) is 16.9 Å². The van der Waals surface area contributed by atoms with Crippen molar-refractivity contribution < 1.29 is 19.2 Å². The Bertz CT molecular complexity index is 878. The Hall–Kier alpha value is -2.49. The van der Waals surface area contributed by atoms with Crippen LogP contribution in [0.2, 0.25) is 5.02 Å². The number of benzene rings is 1. The SMILES string of the molecule is COC(=O)C(c1ccc(Cl)cc1)N1CCN(C(=O)c2csc([N+](=O)[O-])c2)CC1. The number of ether oxygens (including phenoxy) is 1. The van der Waals surface area contributed by atoms with Gasteiger partial charge in [0.15, 0.2) is 0 Å². The maximum absolute atomic E-state index is 12.6. The number of esters is 1. The summed E-state index contributed by atoms with van der Waals surface area (Å²) in [6, 6.07) is 7.72. The molecule has 2 aromatic rings. The molecule has 1 saturated heterocycles. The number of amides is 1. The lowest BCUT2D eigenvalue weighted by Gasteiger charge is -2.38. The summed E-state index contributed by atoms with van der Waals surface area (Å²) in [5, 5.41) is 12.8. The Kier molecular flexibility index (Phi) is 6.28. The standard InChI is InChI=1S/C18H18ClN3O5S/c1-27-18(24)16(12-2-4-14(19)5-3-12)20-6-8-21(9-7-20)17(23)13-10-15(22(25)26)28-11-13/h2-5,10-11,16H,6-9H2,1H3. The summed E-state index contributed by atoms with van der Waals surface area (Å²) in [7, 11) is 1.34. The van der Waals surface area contributed by atoms with E-state index in [4.69, 9.17) is 16.3 Å². The van der Waals surface area contributed by atoms with Crippen molar-refractivity contribution in [3.63, 3.8) is 0 Å². The summed E-state index contributed by atoms with van der Waals surface area (Å²) in [4.78, 5) is 38.8. The number of hydrogen-bond donors (Lipinski definition) is 0. The minimum Gasteiger partial charge on any atom is -0.468 e. The van der Waals surface area contributed by atoms with E-state index >= 15 is 0 Å². The van der Waals surface area contributed by atoms with Crippen LogP contribution in [0.4, 0.5) is 5.00 Å². The first-order valence-corrected chi connectivity index (χ1v) is 9.76. The number of carbonyl (C=O) groups is 2. The molecule has 1 aliphatic heterocycles. The third-order valence-electron chi connectivity index (χ3n) is 4.59. The van der Waals surface area contributed by atoms with Crippen molar-refractivity contribution >= 4 is 39.8 Å². The summed E-state index contributed by atoms with van der Waals surface area (Å²) in [5.41, 5.74) is 1.08. The number of thiophene rings is 1. The first-order chi connectivity index (χ1) is 13.4. The molecule has 0 bridgehead atoms. The zero-order valence-electron chi connectivity index (χ0n) is 15.0. The van der Waals surface area contributed by atoms with Gasteiger partial charge < -0.3 is 9.64 Å². The van der Waals surface area contributed by atoms with Gasteiger partial charge in [-0.25, -0.2) is 4.79 Å². The van der Waals surface area contributed by atoms with Crippen LogP contribution >= 0.6 is 22.9 Å². The number of nitro groups is 1. The van der Waals surface area contributed by atoms with Gasteiger partial charge in [-0.05, 0) is 17.7 Å². The molecule has 10 heteroatoms. The van der Waals surface area contributed by atoms with Crippen LogP contribution in [0, 0.1) is 10.1 Å². The Morgan fingerprint density at radius 1 is 1.21 bits per heavy atom. The second-order valence-electron chi connectivity index (χ2n) is 6.24. The molecule has 1 unspecified atom stereocenters. The number of halogens is 1. The van der Waals surface area contributed by atoms with Crippen molar-refractivity contribution in [2.24, 2.45) is 0 Å². The lowest BCUT2D eigenvalue weighted by Crippen LogP contribution is -2.51. The summed E-state index contributed by atoms with van der Waals surface area (Å²) < 4.78 is 4.96. The van der Waals surface area contributed by atoms with Crippen LogP contribution < -0.4 is 0 Å². The second-order valence-corrected chi connectivity index (χ2v) is 7.56. The molecule has 0 saturated carbocycles. The van der Waals surface area contributed by atoms with Crippen molar-refractivity contribution in [1.29, 1.82) is 0 Å². The fourth-order valence-electron chi connectivity index (χ4n) is 3.15. The van der Waals surface area contributed by atoms with Crippen LogP contribution in [0.1, 0.15) is 22.0 Å². The predicted molar refractivity (Wildman–Crippen MR) is 105 cm³/mol. The molecule has 0 spiro atoms. The maximum atomic E-state index is 12.6. The van der Waals surface area contributed by atoms with Gasteiger partial charge in [0.25, 0.3) is 5.91 Å². The van der Waals surface area contributed by atoms with Crippen LogP contribution in [0.3, 0.4) is 0 Å². The number of nitrogens with zero attached hydrogens (tertiary/aromatic N) is 3. The number of piperazine rings is 1. The molecule has 1 aromatic heterocycles. The van der Waals surface area contributed by atoms with E-state index in [1.54, 1.807) is 29.2 Å². The van der Waals surface area contributed by atoms with Crippen molar-refractivity contribution in [1.82, 2.24) is 9.80 Å². The molecule has 1 aliphatic rings. The van der Waals surface area contributed by atoms with Crippen molar-refractivity contribution in [3.05, 3.63) is 62.0 Å². The van der Waals surface area contributed by atoms with Crippen LogP contribution in [0.15, 0.2) is 35.7 Å². The minimum absolute atomic E-state index is 0.0597. The second kappa shape index (κ2) is 8.68. The predicted octanol–water partition coefficient (Wildman–Crippen LogP) is 2.98. The minimum atomic E-state index is -0.582. The van der Waals surface area contributed by atoms with E-state index in [0.717, 1.165) is 16.9 Å². The highest BCUT2D eigenvalue weighted by molar-refractivity contribution is 7.13. The van der Waals surface area contributed by atoms with Crippen molar-refractivity contribution in [3.8, 4) is 0 Å². The van der Waals surface area contributed by atoms with E-state index in [9.17, 15) is 19.7 Å². The molecule has 0 aliphatic carbocycles. The summed E-state index contributed by atoms with van der Waals surface area (Å²) in [6.07, 6.45) is 0. The molecule has 2 heterocycles. The molecule has 1 fully saturated rings. The van der Waals surface area contributed by atoms with Gasteiger partial charge in [0, 0.05) is 42.6 Å². The fraction of sp³-hybridized carbons (Fsp3) is 0.333. The maximum Gasteiger partial charge on any atom is 0.327 e. The largest absolute Gasteiger partial charge is 0.468 e. The molecular formula is C18H18ClN3O5S. The normalized spacial score (nSPS) is 15.9. The van der Waals surface area contributed by atoms with Gasteiger partial charge in [0.05, 0.1) is 17.6 Å². The highest BCUT2D eigenvalue weighted by Crippen LogP contribution is 2.27. The van der Waals surface area contributed by atoms with Crippen molar-refractivity contribution in [2.75, 3.05) is 33.3 Å². The lowest BCUT2D eigenvalue weighted by atomic mass is 10.0. The Morgan fingerprint density at radius 3 is 2.39 bits per heavy atom. The highest BCUT2D eigenvalue weighted by atomic mass is 35.5. The average molecular weight is 424 g/mol. The third kappa shape index (κ3) is 4.32. The third-order valence-corrected chi connectivity index (χ3v) is 5.72. The molecule has 0 N–H and O–H groups in total. The summed E-state index contributed by atoms with van der Waals surface area (Å²) in [6.45, 7) is 1.76. The number of methoxy groups -OCH3 is 1. The molecular weight excluding hydrogens is 406 g/mol. The smallest absolute Gasteiger partial charge is 0.327 e. The molecule has 148 valence electrons. The van der Waals surface area contributed by atoms with Gasteiger partial charge in [0.1, 0.15) is 6.04 Å². The van der Waals surface area contributed by atoms with E-state index in [1.807, 2.05) is 4.90 Å². The zero-order chi connectivity index (χ0) is 20.3. The van der Waals surface area contributed by atoms with Crippen molar-refractivity contribution in [2.45, 2.75) is 6.04 Å². The van der Waals surface area contributed by atoms with Gasteiger partial charge in [0.2, 0.25) is 0 Å². The monoisotopic (exact) mass is 423 g/mol. The summed E-state index contributed by atoms with van der Waals surface area (Å²) >= 11 is 6.87. The van der Waals surface area contributed by atoms with E-state index in [2.05, 4.69) is 0 Å². The van der Waals surface area contributed by atoms with Gasteiger partial charge in [-0.15, -0.1) is 0 Å². The van der Waals surface area contributed by atoms with Gasteiger partial charge in [-0.1, -0.05) is 35.1 Å². The molecule has 3 rings (SSSR count). The molecule has 0 radical (unpaired) electrons. The fourth-order valence-corrected chi connectivity index (χ4v) is 3.97. The highest BCUT2D eigenvalue weighted by Gasteiger charge is 2.33. The molecule has 8 nitrogen and oxygen atoms in total. The van der Waals surface area contributed by atoms with Crippen LogP contribution in [0.5, 0.6) is 0 Å². The average Bonchev–Trinajstić information content (AvgIpc) is 3.20. The van der Waals surface area contributed by atoms with Crippen LogP contribution in [0.25, 0.3) is 0 Å². The quantitative estimate of drug-likeness (QED) is 0.417. The van der Waals surface area contributed by atoms with Gasteiger partial charge in [-0.2, -0.15) is 0 Å². The Labute approximate surface area is 170 Å². The Balaban J connectivity index is 1.69. The van der Waals surface area contributed by atoms with Gasteiger partial charge in [-0.3, -0.25) is 19.8 Å². The zero-order valence-corrected chi connectivity index (χ0v) is 16.6. The molecule has 28 heavy (non-hydrogen) atoms.